The summed E-state index contributed by atoms with van der Waals surface area (Å²) >= 11 is 0. The number of aryl methyl sites for hydroxylation is 1. The van der Waals surface area contributed by atoms with Crippen molar-refractivity contribution >= 4 is 11.8 Å². The van der Waals surface area contributed by atoms with Crippen molar-refractivity contribution in [3.63, 3.8) is 0 Å². The van der Waals surface area contributed by atoms with Gasteiger partial charge in [-0.3, -0.25) is 0 Å². The minimum absolute atomic E-state index is 0.272. The number of hydrogen-bond donors (Lipinski definition) is 1. The first-order valence-corrected chi connectivity index (χ1v) is 3.33. The van der Waals surface area contributed by atoms with Crippen molar-refractivity contribution < 1.29 is 4.39 Å². The van der Waals surface area contributed by atoms with Crippen LogP contribution in [0, 0.1) is 12.7 Å². The normalized spacial score (nSPS) is 9.64. The van der Waals surface area contributed by atoms with E-state index in [1.54, 1.807) is 13.0 Å². The fourth-order valence-corrected chi connectivity index (χ4v) is 0.949. The van der Waals surface area contributed by atoms with Crippen LogP contribution in [0.3, 0.4) is 0 Å². The predicted molar refractivity (Wildman–Crippen MR) is 45.6 cm³/mol. The SMILES string of the molecule is C=Cc1cc(F)cc(C)c1N. The van der Waals surface area contributed by atoms with Crippen LogP contribution in [0.1, 0.15) is 11.1 Å². The van der Waals surface area contributed by atoms with Crippen LogP contribution in [-0.2, 0) is 0 Å². The van der Waals surface area contributed by atoms with Crippen molar-refractivity contribution in [1.29, 1.82) is 0 Å². The van der Waals surface area contributed by atoms with Crippen molar-refractivity contribution in [2.75, 3.05) is 5.73 Å². The number of nitrogens with two attached hydrogens (primary N) is 1. The van der Waals surface area contributed by atoms with Crippen LogP contribution >= 0.6 is 0 Å². The number of hydrogen-bond acceptors (Lipinski definition) is 1. The molecule has 0 heterocycles. The molecule has 1 nitrogen and oxygen atoms in total. The molecule has 58 valence electrons. The third kappa shape index (κ3) is 1.40. The van der Waals surface area contributed by atoms with E-state index in [0.717, 1.165) is 5.56 Å². The summed E-state index contributed by atoms with van der Waals surface area (Å²) in [6, 6.07) is 2.78. The lowest BCUT2D eigenvalue weighted by Gasteiger charge is -2.03. The van der Waals surface area contributed by atoms with Crippen molar-refractivity contribution in [2.24, 2.45) is 0 Å². The van der Waals surface area contributed by atoms with Crippen molar-refractivity contribution in [3.8, 4) is 0 Å². The standard InChI is InChI=1S/C9H10FN/c1-3-7-5-8(10)4-6(2)9(7)11/h3-5H,1,11H2,2H3. The number of rotatable bonds is 1. The second-order valence-electron chi connectivity index (χ2n) is 2.43. The van der Waals surface area contributed by atoms with E-state index in [1.807, 2.05) is 0 Å². The summed E-state index contributed by atoms with van der Waals surface area (Å²) < 4.78 is 12.7. The van der Waals surface area contributed by atoms with E-state index in [9.17, 15) is 4.39 Å². The van der Waals surface area contributed by atoms with Crippen LogP contribution in [0.25, 0.3) is 6.08 Å². The largest absolute Gasteiger partial charge is 0.398 e. The van der Waals surface area contributed by atoms with Gasteiger partial charge in [0, 0.05) is 5.69 Å². The van der Waals surface area contributed by atoms with Crippen molar-refractivity contribution in [1.82, 2.24) is 0 Å². The van der Waals surface area contributed by atoms with Gasteiger partial charge in [0.25, 0.3) is 0 Å². The van der Waals surface area contributed by atoms with Gasteiger partial charge < -0.3 is 5.73 Å². The maximum absolute atomic E-state index is 12.7. The highest BCUT2D eigenvalue weighted by molar-refractivity contribution is 5.66. The molecule has 0 atom stereocenters. The van der Waals surface area contributed by atoms with Gasteiger partial charge in [-0.2, -0.15) is 0 Å². The summed E-state index contributed by atoms with van der Waals surface area (Å²) in [7, 11) is 0. The Morgan fingerprint density at radius 1 is 1.55 bits per heavy atom. The van der Waals surface area contributed by atoms with E-state index < -0.39 is 0 Å². The van der Waals surface area contributed by atoms with Crippen molar-refractivity contribution in [2.45, 2.75) is 6.92 Å². The Balaban J connectivity index is 3.35. The maximum Gasteiger partial charge on any atom is 0.124 e. The summed E-state index contributed by atoms with van der Waals surface area (Å²) in [4.78, 5) is 0. The summed E-state index contributed by atoms with van der Waals surface area (Å²) in [5.41, 5.74) is 7.63. The first-order chi connectivity index (χ1) is 5.15. The third-order valence-corrected chi connectivity index (χ3v) is 1.60. The molecule has 0 fully saturated rings. The van der Waals surface area contributed by atoms with Gasteiger partial charge in [-0.25, -0.2) is 4.39 Å². The summed E-state index contributed by atoms with van der Waals surface area (Å²) in [6.45, 7) is 5.30. The molecule has 2 N–H and O–H groups in total. The summed E-state index contributed by atoms with van der Waals surface area (Å²) in [6.07, 6.45) is 1.55. The molecular formula is C9H10FN. The molecule has 0 spiro atoms. The average Bonchev–Trinajstić information content (AvgIpc) is 1.96. The van der Waals surface area contributed by atoms with Gasteiger partial charge in [0.05, 0.1) is 0 Å². The van der Waals surface area contributed by atoms with Crippen LogP contribution < -0.4 is 5.73 Å². The Bertz CT molecular complexity index is 292. The summed E-state index contributed by atoms with van der Waals surface area (Å²) in [5.74, 6) is -0.272. The van der Waals surface area contributed by atoms with E-state index in [4.69, 9.17) is 5.73 Å². The molecule has 0 saturated heterocycles. The molecular weight excluding hydrogens is 141 g/mol. The van der Waals surface area contributed by atoms with Crippen LogP contribution in [0.4, 0.5) is 10.1 Å². The van der Waals surface area contributed by atoms with Crippen LogP contribution in [0.2, 0.25) is 0 Å². The average molecular weight is 151 g/mol. The van der Waals surface area contributed by atoms with Gasteiger partial charge >= 0.3 is 0 Å². The molecule has 0 radical (unpaired) electrons. The first kappa shape index (κ1) is 7.79. The van der Waals surface area contributed by atoms with Gasteiger partial charge in [-0.1, -0.05) is 12.7 Å². The van der Waals surface area contributed by atoms with Gasteiger partial charge in [0.15, 0.2) is 0 Å². The minimum Gasteiger partial charge on any atom is -0.398 e. The monoisotopic (exact) mass is 151 g/mol. The zero-order valence-electron chi connectivity index (χ0n) is 6.39. The lowest BCUT2D eigenvalue weighted by Crippen LogP contribution is -1.94. The topological polar surface area (TPSA) is 26.0 Å². The molecule has 0 aliphatic rings. The Morgan fingerprint density at radius 2 is 2.18 bits per heavy atom. The van der Waals surface area contributed by atoms with E-state index >= 15 is 0 Å². The zero-order chi connectivity index (χ0) is 8.43. The fraction of sp³-hybridized carbons (Fsp3) is 0.111. The first-order valence-electron chi connectivity index (χ1n) is 3.33. The van der Waals surface area contributed by atoms with Crippen LogP contribution in [0.5, 0.6) is 0 Å². The zero-order valence-corrected chi connectivity index (χ0v) is 6.39. The highest BCUT2D eigenvalue weighted by atomic mass is 19.1. The maximum atomic E-state index is 12.7. The second-order valence-corrected chi connectivity index (χ2v) is 2.43. The molecule has 0 amide bonds. The molecule has 0 unspecified atom stereocenters. The highest BCUT2D eigenvalue weighted by Crippen LogP contribution is 2.19. The van der Waals surface area contributed by atoms with Gasteiger partial charge in [0.1, 0.15) is 5.82 Å². The van der Waals surface area contributed by atoms with E-state index in [2.05, 4.69) is 6.58 Å². The quantitative estimate of drug-likeness (QED) is 0.612. The Labute approximate surface area is 65.3 Å². The smallest absolute Gasteiger partial charge is 0.124 e. The minimum atomic E-state index is -0.272. The third-order valence-electron chi connectivity index (χ3n) is 1.60. The summed E-state index contributed by atoms with van der Waals surface area (Å²) in [5, 5.41) is 0. The number of nitrogen functional groups attached to an aromatic ring is 1. The molecule has 0 saturated carbocycles. The Kier molecular flexibility index (Phi) is 1.94. The number of benzene rings is 1. The second kappa shape index (κ2) is 2.74. The van der Waals surface area contributed by atoms with Crippen molar-refractivity contribution in [3.05, 3.63) is 35.7 Å². The Morgan fingerprint density at radius 3 is 2.73 bits per heavy atom. The van der Waals surface area contributed by atoms with E-state index in [-0.39, 0.29) is 5.82 Å². The molecule has 1 aromatic carbocycles. The molecule has 0 bridgehead atoms. The molecule has 11 heavy (non-hydrogen) atoms. The van der Waals surface area contributed by atoms with Crippen LogP contribution in [0.15, 0.2) is 18.7 Å². The van der Waals surface area contributed by atoms with Gasteiger partial charge in [-0.15, -0.1) is 0 Å². The molecule has 0 aliphatic carbocycles. The highest BCUT2D eigenvalue weighted by Gasteiger charge is 2.00. The molecule has 0 aliphatic heterocycles. The fourth-order valence-electron chi connectivity index (χ4n) is 0.949. The van der Waals surface area contributed by atoms with E-state index in [0.29, 0.717) is 11.3 Å². The molecule has 0 aromatic heterocycles. The predicted octanol–water partition coefficient (Wildman–Crippen LogP) is 2.36. The Hall–Kier alpha value is -1.31. The lowest BCUT2D eigenvalue weighted by atomic mass is 10.1. The molecule has 1 rings (SSSR count). The number of anilines is 1. The lowest BCUT2D eigenvalue weighted by molar-refractivity contribution is 0.626. The molecule has 1 aromatic rings. The van der Waals surface area contributed by atoms with Gasteiger partial charge in [-0.05, 0) is 30.2 Å². The van der Waals surface area contributed by atoms with Crippen LogP contribution in [-0.4, -0.2) is 0 Å². The number of halogens is 1. The van der Waals surface area contributed by atoms with E-state index in [1.165, 1.54) is 12.1 Å². The molecule has 2 heteroatoms. The van der Waals surface area contributed by atoms with Gasteiger partial charge in [0.2, 0.25) is 0 Å².